The SMILES string of the molecule is CNC(=O)c1csc2c(C(F)(F)F)cc(N3CCC(OC(=O)N4CC(OC(F)F)C4)CC3)nc12. The summed E-state index contributed by atoms with van der Waals surface area (Å²) in [6, 6.07) is 0.974. The predicted octanol–water partition coefficient (Wildman–Crippen LogP) is 3.70. The minimum atomic E-state index is -4.63. The van der Waals surface area contributed by atoms with Gasteiger partial charge in [-0.15, -0.1) is 11.3 Å². The van der Waals surface area contributed by atoms with Crippen LogP contribution >= 0.6 is 11.3 Å². The van der Waals surface area contributed by atoms with Gasteiger partial charge >= 0.3 is 18.9 Å². The van der Waals surface area contributed by atoms with Crippen molar-refractivity contribution in [1.82, 2.24) is 15.2 Å². The van der Waals surface area contributed by atoms with Crippen LogP contribution in [0.5, 0.6) is 0 Å². The smallest absolute Gasteiger partial charge is 0.417 e. The third-order valence-electron chi connectivity index (χ3n) is 5.72. The molecule has 2 amide bonds. The van der Waals surface area contributed by atoms with Crippen molar-refractivity contribution in [3.8, 4) is 0 Å². The molecule has 0 unspecified atom stereocenters. The number of piperidine rings is 1. The fourth-order valence-electron chi connectivity index (χ4n) is 3.90. The molecule has 8 nitrogen and oxygen atoms in total. The van der Waals surface area contributed by atoms with E-state index in [0.29, 0.717) is 12.8 Å². The van der Waals surface area contributed by atoms with E-state index >= 15 is 0 Å². The zero-order valence-corrected chi connectivity index (χ0v) is 18.7. The van der Waals surface area contributed by atoms with Crippen molar-refractivity contribution in [1.29, 1.82) is 0 Å². The molecule has 2 fully saturated rings. The highest BCUT2D eigenvalue weighted by atomic mass is 32.1. The first-order valence-electron chi connectivity index (χ1n) is 10.4. The first-order valence-corrected chi connectivity index (χ1v) is 11.3. The molecule has 0 aliphatic carbocycles. The standard InChI is InChI=1S/C20H21F5N4O4S/c1-26-17(30)12-9-34-16-13(20(23,24)25)6-14(27-15(12)16)28-4-2-10(3-5-28)33-19(31)29-7-11(8-29)32-18(21)22/h6,9-11,18H,2-5,7-8H2,1H3,(H,26,30). The minimum Gasteiger partial charge on any atom is -0.446 e. The van der Waals surface area contributed by atoms with Gasteiger partial charge in [0, 0.05) is 38.4 Å². The zero-order valence-electron chi connectivity index (χ0n) is 17.9. The number of pyridine rings is 1. The van der Waals surface area contributed by atoms with Gasteiger partial charge in [-0.25, -0.2) is 9.78 Å². The van der Waals surface area contributed by atoms with Gasteiger partial charge in [0.1, 0.15) is 11.9 Å². The molecule has 0 atom stereocenters. The largest absolute Gasteiger partial charge is 0.446 e. The lowest BCUT2D eigenvalue weighted by Gasteiger charge is -2.39. The number of rotatable bonds is 5. The average molecular weight is 508 g/mol. The van der Waals surface area contributed by atoms with Gasteiger partial charge in [0.2, 0.25) is 0 Å². The molecule has 2 aromatic heterocycles. The fraction of sp³-hybridized carbons (Fsp3) is 0.550. The number of nitrogens with zero attached hydrogens (tertiary/aromatic N) is 3. The maximum absolute atomic E-state index is 13.7. The first kappa shape index (κ1) is 24.4. The summed E-state index contributed by atoms with van der Waals surface area (Å²) in [6.07, 6.45) is -5.76. The lowest BCUT2D eigenvalue weighted by Crippen LogP contribution is -2.56. The second kappa shape index (κ2) is 9.49. The van der Waals surface area contributed by atoms with Crippen LogP contribution in [0.2, 0.25) is 0 Å². The van der Waals surface area contributed by atoms with Crippen LogP contribution in [0.15, 0.2) is 11.4 Å². The van der Waals surface area contributed by atoms with Crippen molar-refractivity contribution in [2.75, 3.05) is 38.1 Å². The van der Waals surface area contributed by atoms with E-state index in [4.69, 9.17) is 4.74 Å². The number of aromatic nitrogens is 1. The lowest BCUT2D eigenvalue weighted by molar-refractivity contribution is -0.192. The summed E-state index contributed by atoms with van der Waals surface area (Å²) in [7, 11) is 1.39. The van der Waals surface area contributed by atoms with Crippen molar-refractivity contribution in [2.24, 2.45) is 0 Å². The van der Waals surface area contributed by atoms with E-state index in [1.165, 1.54) is 17.3 Å². The molecule has 0 saturated carbocycles. The van der Waals surface area contributed by atoms with Gasteiger partial charge < -0.3 is 24.6 Å². The quantitative estimate of drug-likeness (QED) is 0.621. The number of halogens is 5. The Morgan fingerprint density at radius 1 is 1.21 bits per heavy atom. The van der Waals surface area contributed by atoms with E-state index in [0.717, 1.165) is 17.4 Å². The number of thiophene rings is 1. The Kier molecular flexibility index (Phi) is 6.80. The van der Waals surface area contributed by atoms with Crippen LogP contribution in [0, 0.1) is 0 Å². The number of alkyl halides is 5. The molecule has 34 heavy (non-hydrogen) atoms. The summed E-state index contributed by atoms with van der Waals surface area (Å²) in [5.74, 6) is -0.440. The summed E-state index contributed by atoms with van der Waals surface area (Å²) in [6.45, 7) is -2.31. The Labute approximate surface area is 194 Å². The predicted molar refractivity (Wildman–Crippen MR) is 112 cm³/mol. The third kappa shape index (κ3) is 5.02. The van der Waals surface area contributed by atoms with Crippen molar-refractivity contribution in [3.63, 3.8) is 0 Å². The van der Waals surface area contributed by atoms with Gasteiger partial charge in [-0.3, -0.25) is 4.79 Å². The average Bonchev–Trinajstić information content (AvgIpc) is 3.18. The summed E-state index contributed by atoms with van der Waals surface area (Å²) >= 11 is 0.813. The number of carbonyl (C=O) groups excluding carboxylic acids is 2. The van der Waals surface area contributed by atoms with Gasteiger partial charge in [0.05, 0.1) is 40.5 Å². The van der Waals surface area contributed by atoms with Crippen molar-refractivity contribution >= 4 is 39.4 Å². The molecule has 2 aromatic rings. The number of nitrogens with one attached hydrogen (secondary N) is 1. The molecule has 2 saturated heterocycles. The molecule has 4 heterocycles. The Hall–Kier alpha value is -2.74. The van der Waals surface area contributed by atoms with Gasteiger partial charge in [-0.1, -0.05) is 0 Å². The van der Waals surface area contributed by atoms with E-state index in [9.17, 15) is 31.5 Å². The number of anilines is 1. The molecular formula is C20H21F5N4O4S. The Morgan fingerprint density at radius 2 is 1.88 bits per heavy atom. The topological polar surface area (TPSA) is 84.0 Å². The van der Waals surface area contributed by atoms with Gasteiger partial charge in [-0.2, -0.15) is 22.0 Å². The van der Waals surface area contributed by atoms with E-state index in [-0.39, 0.29) is 47.8 Å². The van der Waals surface area contributed by atoms with E-state index in [1.807, 2.05) is 0 Å². The Bertz CT molecular complexity index is 1070. The van der Waals surface area contributed by atoms with Crippen LogP contribution in [-0.4, -0.2) is 73.9 Å². The Morgan fingerprint density at radius 3 is 2.47 bits per heavy atom. The van der Waals surface area contributed by atoms with Crippen LogP contribution in [0.4, 0.5) is 32.6 Å². The molecule has 0 aromatic carbocycles. The minimum absolute atomic E-state index is 0.0129. The molecule has 2 aliphatic heterocycles. The molecule has 1 N–H and O–H groups in total. The van der Waals surface area contributed by atoms with Crippen LogP contribution in [0.25, 0.3) is 10.2 Å². The van der Waals surface area contributed by atoms with Gasteiger partial charge in [0.15, 0.2) is 0 Å². The van der Waals surface area contributed by atoms with Crippen molar-refractivity contribution in [3.05, 3.63) is 22.6 Å². The first-order chi connectivity index (χ1) is 16.1. The summed E-state index contributed by atoms with van der Waals surface area (Å²) in [5.41, 5.74) is -0.803. The number of likely N-dealkylation sites (tertiary alicyclic amines) is 1. The second-order valence-electron chi connectivity index (χ2n) is 7.93. The molecule has 186 valence electrons. The summed E-state index contributed by atoms with van der Waals surface area (Å²) in [4.78, 5) is 31.5. The number of hydrogen-bond acceptors (Lipinski definition) is 7. The van der Waals surface area contributed by atoms with E-state index < -0.39 is 42.6 Å². The van der Waals surface area contributed by atoms with Crippen molar-refractivity contribution in [2.45, 2.75) is 37.8 Å². The number of amides is 2. The van der Waals surface area contributed by atoms with E-state index in [1.54, 1.807) is 4.90 Å². The number of ether oxygens (including phenoxy) is 2. The molecule has 0 spiro atoms. The highest BCUT2D eigenvalue weighted by molar-refractivity contribution is 7.17. The molecule has 2 aliphatic rings. The normalized spacial score (nSPS) is 17.9. The number of carbonyl (C=O) groups is 2. The van der Waals surface area contributed by atoms with Gasteiger partial charge in [-0.05, 0) is 6.07 Å². The maximum atomic E-state index is 13.7. The summed E-state index contributed by atoms with van der Waals surface area (Å²) in [5, 5.41) is 3.76. The van der Waals surface area contributed by atoms with Crippen LogP contribution in [0.3, 0.4) is 0 Å². The Balaban J connectivity index is 1.43. The fourth-order valence-corrected chi connectivity index (χ4v) is 4.93. The van der Waals surface area contributed by atoms with Crippen LogP contribution in [0.1, 0.15) is 28.8 Å². The lowest BCUT2D eigenvalue weighted by atomic mass is 10.1. The molecule has 0 bridgehead atoms. The highest BCUT2D eigenvalue weighted by Crippen LogP contribution is 2.40. The second-order valence-corrected chi connectivity index (χ2v) is 8.81. The summed E-state index contributed by atoms with van der Waals surface area (Å²) < 4.78 is 75.1. The van der Waals surface area contributed by atoms with Gasteiger partial charge in [0.25, 0.3) is 5.91 Å². The number of hydrogen-bond donors (Lipinski definition) is 1. The molecule has 14 heteroatoms. The van der Waals surface area contributed by atoms with Crippen molar-refractivity contribution < 1.29 is 41.0 Å². The molecule has 0 radical (unpaired) electrons. The monoisotopic (exact) mass is 508 g/mol. The third-order valence-corrected chi connectivity index (χ3v) is 6.72. The maximum Gasteiger partial charge on any atom is 0.417 e. The zero-order chi connectivity index (χ0) is 24.6. The molecular weight excluding hydrogens is 487 g/mol. The molecule has 4 rings (SSSR count). The highest BCUT2D eigenvalue weighted by Gasteiger charge is 2.38. The number of fused-ring (bicyclic) bond motifs is 1. The van der Waals surface area contributed by atoms with Crippen LogP contribution < -0.4 is 10.2 Å². The van der Waals surface area contributed by atoms with E-state index in [2.05, 4.69) is 15.0 Å². The van der Waals surface area contributed by atoms with Crippen LogP contribution in [-0.2, 0) is 15.7 Å².